The Labute approximate surface area is 112 Å². The standard InChI is InChI=1S/C15H30N2O/c1-5-13(6-2)17-15(18)10-16-14-8-7-11(3)12(4)9-14/h11-14,16H,5-10H2,1-4H3,(H,17,18). The zero-order valence-electron chi connectivity index (χ0n) is 12.5. The molecule has 0 bridgehead atoms. The lowest BCUT2D eigenvalue weighted by atomic mass is 9.79. The average Bonchev–Trinajstić information content (AvgIpc) is 2.37. The first-order valence-corrected chi connectivity index (χ1v) is 7.59. The van der Waals surface area contributed by atoms with Crippen LogP contribution < -0.4 is 10.6 Å². The lowest BCUT2D eigenvalue weighted by Crippen LogP contribution is -2.44. The second-order valence-corrected chi connectivity index (χ2v) is 5.93. The zero-order valence-corrected chi connectivity index (χ0v) is 12.5. The highest BCUT2D eigenvalue weighted by Gasteiger charge is 2.24. The highest BCUT2D eigenvalue weighted by Crippen LogP contribution is 2.29. The molecule has 3 nitrogen and oxygen atoms in total. The van der Waals surface area contributed by atoms with Gasteiger partial charge in [0, 0.05) is 12.1 Å². The van der Waals surface area contributed by atoms with Gasteiger partial charge in [-0.15, -0.1) is 0 Å². The van der Waals surface area contributed by atoms with E-state index in [2.05, 4.69) is 38.3 Å². The van der Waals surface area contributed by atoms with Crippen molar-refractivity contribution in [1.82, 2.24) is 10.6 Å². The lowest BCUT2D eigenvalue weighted by molar-refractivity contribution is -0.121. The minimum Gasteiger partial charge on any atom is -0.352 e. The van der Waals surface area contributed by atoms with Crippen molar-refractivity contribution in [2.75, 3.05) is 6.54 Å². The number of nitrogens with one attached hydrogen (secondary N) is 2. The molecule has 106 valence electrons. The summed E-state index contributed by atoms with van der Waals surface area (Å²) in [4.78, 5) is 11.8. The van der Waals surface area contributed by atoms with Crippen LogP contribution in [-0.4, -0.2) is 24.5 Å². The number of rotatable bonds is 6. The van der Waals surface area contributed by atoms with Crippen LogP contribution in [0.5, 0.6) is 0 Å². The van der Waals surface area contributed by atoms with Crippen molar-refractivity contribution >= 4 is 5.91 Å². The number of hydrogen-bond acceptors (Lipinski definition) is 2. The van der Waals surface area contributed by atoms with Crippen LogP contribution in [0.25, 0.3) is 0 Å². The molecule has 0 heterocycles. The third-order valence-corrected chi connectivity index (χ3v) is 4.50. The Kier molecular flexibility index (Phi) is 6.69. The van der Waals surface area contributed by atoms with Gasteiger partial charge in [0.15, 0.2) is 0 Å². The topological polar surface area (TPSA) is 41.1 Å². The fourth-order valence-electron chi connectivity index (χ4n) is 2.74. The Balaban J connectivity index is 2.22. The van der Waals surface area contributed by atoms with Crippen LogP contribution in [0.4, 0.5) is 0 Å². The van der Waals surface area contributed by atoms with Crippen LogP contribution in [-0.2, 0) is 4.79 Å². The summed E-state index contributed by atoms with van der Waals surface area (Å²) in [6.07, 6.45) is 5.73. The second-order valence-electron chi connectivity index (χ2n) is 5.93. The van der Waals surface area contributed by atoms with Crippen molar-refractivity contribution in [3.63, 3.8) is 0 Å². The predicted octanol–water partition coefficient (Wildman–Crippen LogP) is 2.71. The largest absolute Gasteiger partial charge is 0.352 e. The zero-order chi connectivity index (χ0) is 13.5. The monoisotopic (exact) mass is 254 g/mol. The summed E-state index contributed by atoms with van der Waals surface area (Å²) in [6.45, 7) is 9.36. The van der Waals surface area contributed by atoms with Gasteiger partial charge in [-0.25, -0.2) is 0 Å². The van der Waals surface area contributed by atoms with E-state index in [1.165, 1.54) is 19.3 Å². The highest BCUT2D eigenvalue weighted by atomic mass is 16.1. The van der Waals surface area contributed by atoms with Crippen LogP contribution in [0.15, 0.2) is 0 Å². The third-order valence-electron chi connectivity index (χ3n) is 4.50. The van der Waals surface area contributed by atoms with E-state index in [1.54, 1.807) is 0 Å². The molecule has 0 saturated heterocycles. The summed E-state index contributed by atoms with van der Waals surface area (Å²) in [7, 11) is 0. The number of hydrogen-bond donors (Lipinski definition) is 2. The first kappa shape index (κ1) is 15.5. The van der Waals surface area contributed by atoms with Gasteiger partial charge < -0.3 is 10.6 Å². The van der Waals surface area contributed by atoms with Gasteiger partial charge in [-0.3, -0.25) is 4.79 Å². The average molecular weight is 254 g/mol. The molecule has 1 rings (SSSR count). The fraction of sp³-hybridized carbons (Fsp3) is 0.933. The van der Waals surface area contributed by atoms with Crippen molar-refractivity contribution in [3.05, 3.63) is 0 Å². The van der Waals surface area contributed by atoms with Gasteiger partial charge in [0.2, 0.25) is 5.91 Å². The van der Waals surface area contributed by atoms with E-state index in [-0.39, 0.29) is 5.91 Å². The summed E-state index contributed by atoms with van der Waals surface area (Å²) in [6, 6.07) is 0.869. The van der Waals surface area contributed by atoms with Crippen LogP contribution >= 0.6 is 0 Å². The van der Waals surface area contributed by atoms with Crippen molar-refractivity contribution in [2.24, 2.45) is 11.8 Å². The van der Waals surface area contributed by atoms with Crippen LogP contribution in [0.1, 0.15) is 59.8 Å². The Morgan fingerprint density at radius 1 is 1.17 bits per heavy atom. The maximum absolute atomic E-state index is 11.8. The first-order valence-electron chi connectivity index (χ1n) is 7.59. The SMILES string of the molecule is CCC(CC)NC(=O)CNC1CCC(C)C(C)C1. The molecule has 2 N–H and O–H groups in total. The summed E-state index contributed by atoms with van der Waals surface area (Å²) in [5.41, 5.74) is 0. The van der Waals surface area contributed by atoms with E-state index in [9.17, 15) is 4.79 Å². The number of amides is 1. The maximum atomic E-state index is 11.8. The van der Waals surface area contributed by atoms with Gasteiger partial charge in [-0.1, -0.05) is 27.7 Å². The Bertz CT molecular complexity index is 251. The molecule has 0 radical (unpaired) electrons. The molecule has 0 aromatic carbocycles. The maximum Gasteiger partial charge on any atom is 0.234 e. The summed E-state index contributed by atoms with van der Waals surface area (Å²) in [5.74, 6) is 1.76. The minimum absolute atomic E-state index is 0.148. The van der Waals surface area contributed by atoms with E-state index < -0.39 is 0 Å². The molecule has 3 heteroatoms. The molecule has 0 aromatic heterocycles. The molecular formula is C15H30N2O. The van der Waals surface area contributed by atoms with Gasteiger partial charge in [-0.05, 0) is 43.9 Å². The highest BCUT2D eigenvalue weighted by molar-refractivity contribution is 5.78. The molecule has 1 fully saturated rings. The van der Waals surface area contributed by atoms with Gasteiger partial charge >= 0.3 is 0 Å². The van der Waals surface area contributed by atoms with E-state index in [0.29, 0.717) is 18.6 Å². The van der Waals surface area contributed by atoms with E-state index in [4.69, 9.17) is 0 Å². The molecule has 0 aliphatic heterocycles. The minimum atomic E-state index is 0.148. The molecule has 1 aliphatic rings. The van der Waals surface area contributed by atoms with Crippen molar-refractivity contribution in [3.8, 4) is 0 Å². The molecule has 3 unspecified atom stereocenters. The van der Waals surface area contributed by atoms with Gasteiger partial charge in [0.25, 0.3) is 0 Å². The predicted molar refractivity (Wildman–Crippen MR) is 76.5 cm³/mol. The van der Waals surface area contributed by atoms with Gasteiger partial charge in [0.1, 0.15) is 0 Å². The molecule has 1 saturated carbocycles. The molecule has 3 atom stereocenters. The molecule has 1 aliphatic carbocycles. The van der Waals surface area contributed by atoms with Gasteiger partial charge in [-0.2, -0.15) is 0 Å². The third kappa shape index (κ3) is 4.97. The van der Waals surface area contributed by atoms with Gasteiger partial charge in [0.05, 0.1) is 6.54 Å². The van der Waals surface area contributed by atoms with E-state index in [0.717, 1.165) is 24.7 Å². The number of carbonyl (C=O) groups is 1. The molecule has 1 amide bonds. The molecular weight excluding hydrogens is 224 g/mol. The molecule has 0 aromatic rings. The summed E-state index contributed by atoms with van der Waals surface area (Å²) >= 11 is 0. The van der Waals surface area contributed by atoms with Crippen LogP contribution in [0.3, 0.4) is 0 Å². The van der Waals surface area contributed by atoms with Crippen LogP contribution in [0.2, 0.25) is 0 Å². The smallest absolute Gasteiger partial charge is 0.234 e. The lowest BCUT2D eigenvalue weighted by Gasteiger charge is -2.32. The molecule has 18 heavy (non-hydrogen) atoms. The Morgan fingerprint density at radius 2 is 1.83 bits per heavy atom. The Hall–Kier alpha value is -0.570. The molecule has 0 spiro atoms. The van der Waals surface area contributed by atoms with Crippen LogP contribution in [0, 0.1) is 11.8 Å². The van der Waals surface area contributed by atoms with E-state index in [1.807, 2.05) is 0 Å². The second kappa shape index (κ2) is 7.78. The Morgan fingerprint density at radius 3 is 2.39 bits per heavy atom. The van der Waals surface area contributed by atoms with E-state index >= 15 is 0 Å². The first-order chi connectivity index (χ1) is 8.56. The van der Waals surface area contributed by atoms with Crippen molar-refractivity contribution < 1.29 is 4.79 Å². The van der Waals surface area contributed by atoms with Crippen molar-refractivity contribution in [1.29, 1.82) is 0 Å². The number of carbonyl (C=O) groups excluding carboxylic acids is 1. The fourth-order valence-corrected chi connectivity index (χ4v) is 2.74. The quantitative estimate of drug-likeness (QED) is 0.765. The summed E-state index contributed by atoms with van der Waals surface area (Å²) < 4.78 is 0. The normalized spacial score (nSPS) is 28.4. The van der Waals surface area contributed by atoms with Crippen molar-refractivity contribution in [2.45, 2.75) is 71.9 Å². The summed E-state index contributed by atoms with van der Waals surface area (Å²) in [5, 5.41) is 6.49.